The minimum absolute atomic E-state index is 0.323. The predicted molar refractivity (Wildman–Crippen MR) is 56.7 cm³/mol. The van der Waals surface area contributed by atoms with Crippen molar-refractivity contribution in [2.45, 2.75) is 11.0 Å². The van der Waals surface area contributed by atoms with Gasteiger partial charge in [-0.25, -0.2) is 0 Å². The Balaban J connectivity index is 1.98. The van der Waals surface area contributed by atoms with E-state index in [2.05, 4.69) is 34.4 Å². The summed E-state index contributed by atoms with van der Waals surface area (Å²) in [6.45, 7) is 7.79. The average Bonchev–Trinajstić information content (AvgIpc) is 2.05. The van der Waals surface area contributed by atoms with Gasteiger partial charge in [-0.3, -0.25) is 4.90 Å². The minimum atomic E-state index is 0.323. The summed E-state index contributed by atoms with van der Waals surface area (Å²) in [6.07, 6.45) is 0. The fraction of sp³-hybridized carbons (Fsp3) is 1.00. The third kappa shape index (κ3) is 4.59. The topological polar surface area (TPSA) is 21.7 Å². The van der Waals surface area contributed by atoms with Crippen molar-refractivity contribution < 1.29 is 9.47 Å². The van der Waals surface area contributed by atoms with E-state index >= 15 is 0 Å². The fourth-order valence-electron chi connectivity index (χ4n) is 1.17. The van der Waals surface area contributed by atoms with Gasteiger partial charge in [0.1, 0.15) is 4.11 Å². The first kappa shape index (κ1) is 10.7. The molecule has 0 N–H and O–H groups in total. The molecule has 12 heavy (non-hydrogen) atoms. The molecule has 1 rings (SSSR count). The standard InChI is InChI=1S/C8H16INO2/c1-8(9)12-7-4-10-2-5-11-6-3-10/h8H,2-7H2,1H3/t8-/m0/s1. The van der Waals surface area contributed by atoms with E-state index < -0.39 is 0 Å². The molecule has 0 bridgehead atoms. The molecule has 0 aromatic carbocycles. The van der Waals surface area contributed by atoms with Crippen molar-refractivity contribution in [3.8, 4) is 0 Å². The molecule has 0 radical (unpaired) electrons. The average molecular weight is 285 g/mol. The van der Waals surface area contributed by atoms with E-state index in [1.165, 1.54) is 0 Å². The summed E-state index contributed by atoms with van der Waals surface area (Å²) in [4.78, 5) is 2.38. The molecule has 0 unspecified atom stereocenters. The number of halogens is 1. The molecule has 1 aliphatic heterocycles. The number of alkyl halides is 1. The predicted octanol–water partition coefficient (Wildman–Crippen LogP) is 1.12. The Morgan fingerprint density at radius 3 is 2.75 bits per heavy atom. The maximum atomic E-state index is 5.45. The summed E-state index contributed by atoms with van der Waals surface area (Å²) in [6, 6.07) is 0. The van der Waals surface area contributed by atoms with E-state index in [0.29, 0.717) is 4.11 Å². The molecule has 72 valence electrons. The Kier molecular flexibility index (Phi) is 5.45. The zero-order valence-electron chi connectivity index (χ0n) is 7.46. The van der Waals surface area contributed by atoms with Crippen molar-refractivity contribution >= 4 is 22.6 Å². The normalized spacial score (nSPS) is 22.5. The van der Waals surface area contributed by atoms with Crippen LogP contribution < -0.4 is 0 Å². The summed E-state index contributed by atoms with van der Waals surface area (Å²) in [7, 11) is 0. The summed E-state index contributed by atoms with van der Waals surface area (Å²) in [5.41, 5.74) is 0. The van der Waals surface area contributed by atoms with Crippen molar-refractivity contribution in [2.75, 3.05) is 39.5 Å². The van der Waals surface area contributed by atoms with Gasteiger partial charge in [0.25, 0.3) is 0 Å². The summed E-state index contributed by atoms with van der Waals surface area (Å²) >= 11 is 2.27. The van der Waals surface area contributed by atoms with Crippen LogP contribution in [-0.2, 0) is 9.47 Å². The minimum Gasteiger partial charge on any atom is -0.379 e. The van der Waals surface area contributed by atoms with E-state index in [4.69, 9.17) is 9.47 Å². The highest BCUT2D eigenvalue weighted by Crippen LogP contribution is 2.01. The fourth-order valence-corrected chi connectivity index (χ4v) is 1.42. The third-order valence-electron chi connectivity index (χ3n) is 1.86. The largest absolute Gasteiger partial charge is 0.379 e. The van der Waals surface area contributed by atoms with Crippen LogP contribution in [-0.4, -0.2) is 48.5 Å². The molecular formula is C8H16INO2. The van der Waals surface area contributed by atoms with Gasteiger partial charge in [0.05, 0.1) is 19.8 Å². The van der Waals surface area contributed by atoms with Gasteiger partial charge < -0.3 is 9.47 Å². The highest BCUT2D eigenvalue weighted by atomic mass is 127. The first-order valence-corrected chi connectivity index (χ1v) is 5.59. The first-order chi connectivity index (χ1) is 5.79. The van der Waals surface area contributed by atoms with E-state index in [0.717, 1.165) is 39.5 Å². The molecule has 1 fully saturated rings. The van der Waals surface area contributed by atoms with Gasteiger partial charge >= 0.3 is 0 Å². The van der Waals surface area contributed by atoms with Crippen LogP contribution in [0.5, 0.6) is 0 Å². The van der Waals surface area contributed by atoms with Crippen LogP contribution in [0.3, 0.4) is 0 Å². The Labute approximate surface area is 87.5 Å². The van der Waals surface area contributed by atoms with Gasteiger partial charge in [0.15, 0.2) is 0 Å². The van der Waals surface area contributed by atoms with Crippen molar-refractivity contribution in [3.05, 3.63) is 0 Å². The molecule has 1 aliphatic rings. The first-order valence-electron chi connectivity index (χ1n) is 4.35. The van der Waals surface area contributed by atoms with Crippen LogP contribution in [0.25, 0.3) is 0 Å². The number of nitrogens with zero attached hydrogens (tertiary/aromatic N) is 1. The van der Waals surface area contributed by atoms with Crippen LogP contribution in [0, 0.1) is 0 Å². The number of hydrogen-bond donors (Lipinski definition) is 0. The zero-order valence-corrected chi connectivity index (χ0v) is 9.62. The molecule has 1 heterocycles. The van der Waals surface area contributed by atoms with Gasteiger partial charge in [0.2, 0.25) is 0 Å². The zero-order chi connectivity index (χ0) is 8.81. The van der Waals surface area contributed by atoms with Crippen LogP contribution in [0.4, 0.5) is 0 Å². The summed E-state index contributed by atoms with van der Waals surface area (Å²) < 4.78 is 11.0. The Hall–Kier alpha value is 0.610. The van der Waals surface area contributed by atoms with Gasteiger partial charge in [0, 0.05) is 19.6 Å². The number of morpholine rings is 1. The highest BCUT2D eigenvalue weighted by Gasteiger charge is 2.09. The molecular weight excluding hydrogens is 269 g/mol. The Morgan fingerprint density at radius 1 is 1.50 bits per heavy atom. The second kappa shape index (κ2) is 6.12. The molecule has 3 nitrogen and oxygen atoms in total. The lowest BCUT2D eigenvalue weighted by molar-refractivity contribution is 0.0202. The van der Waals surface area contributed by atoms with Gasteiger partial charge in [-0.1, -0.05) is 22.6 Å². The molecule has 0 saturated carbocycles. The maximum Gasteiger partial charge on any atom is 0.106 e. The SMILES string of the molecule is C[C@@H](I)OCCN1CCOCC1. The van der Waals surface area contributed by atoms with Crippen molar-refractivity contribution in [3.63, 3.8) is 0 Å². The van der Waals surface area contributed by atoms with E-state index in [9.17, 15) is 0 Å². The van der Waals surface area contributed by atoms with E-state index in [-0.39, 0.29) is 0 Å². The van der Waals surface area contributed by atoms with Gasteiger partial charge in [-0.15, -0.1) is 0 Å². The quantitative estimate of drug-likeness (QED) is 0.570. The lowest BCUT2D eigenvalue weighted by Gasteiger charge is -2.26. The molecule has 4 heteroatoms. The van der Waals surface area contributed by atoms with Crippen molar-refractivity contribution in [1.82, 2.24) is 4.90 Å². The lowest BCUT2D eigenvalue weighted by Crippen LogP contribution is -2.38. The molecule has 0 aromatic rings. The van der Waals surface area contributed by atoms with Gasteiger partial charge in [-0.2, -0.15) is 0 Å². The van der Waals surface area contributed by atoms with Crippen LogP contribution in [0.2, 0.25) is 0 Å². The van der Waals surface area contributed by atoms with E-state index in [1.54, 1.807) is 0 Å². The second-order valence-corrected chi connectivity index (χ2v) is 4.62. The molecule has 0 aromatic heterocycles. The number of rotatable bonds is 4. The van der Waals surface area contributed by atoms with Crippen LogP contribution in [0.15, 0.2) is 0 Å². The summed E-state index contributed by atoms with van der Waals surface area (Å²) in [5.74, 6) is 0. The van der Waals surface area contributed by atoms with Gasteiger partial charge in [-0.05, 0) is 6.92 Å². The summed E-state index contributed by atoms with van der Waals surface area (Å²) in [5, 5.41) is 0. The Morgan fingerprint density at radius 2 is 2.17 bits per heavy atom. The van der Waals surface area contributed by atoms with E-state index in [1.807, 2.05) is 0 Å². The van der Waals surface area contributed by atoms with Crippen molar-refractivity contribution in [1.29, 1.82) is 0 Å². The van der Waals surface area contributed by atoms with Crippen LogP contribution >= 0.6 is 22.6 Å². The lowest BCUT2D eigenvalue weighted by atomic mass is 10.4. The molecule has 1 atom stereocenters. The third-order valence-corrected chi connectivity index (χ3v) is 2.22. The smallest absolute Gasteiger partial charge is 0.106 e. The monoisotopic (exact) mass is 285 g/mol. The molecule has 0 spiro atoms. The van der Waals surface area contributed by atoms with Crippen molar-refractivity contribution in [2.24, 2.45) is 0 Å². The molecule has 0 amide bonds. The molecule has 0 aliphatic carbocycles. The number of ether oxygens (including phenoxy) is 2. The Bertz CT molecular complexity index is 116. The van der Waals surface area contributed by atoms with Crippen LogP contribution in [0.1, 0.15) is 6.92 Å². The number of hydrogen-bond acceptors (Lipinski definition) is 3. The second-order valence-electron chi connectivity index (χ2n) is 2.87. The maximum absolute atomic E-state index is 5.45. The highest BCUT2D eigenvalue weighted by molar-refractivity contribution is 14.1. The molecule has 1 saturated heterocycles.